The summed E-state index contributed by atoms with van der Waals surface area (Å²) >= 11 is 1.60. The van der Waals surface area contributed by atoms with Gasteiger partial charge in [0.05, 0.1) is 12.0 Å². The van der Waals surface area contributed by atoms with Crippen molar-refractivity contribution in [2.45, 2.75) is 37.1 Å². The molecular weight excluding hydrogens is 294 g/mol. The SMILES string of the molecule is CC(C)c1ccccc1Cc1n[nH]c(SCc2ccco2)n1. The van der Waals surface area contributed by atoms with Crippen LogP contribution in [0.15, 0.2) is 52.2 Å². The van der Waals surface area contributed by atoms with Crippen LogP contribution in [0.2, 0.25) is 0 Å². The maximum absolute atomic E-state index is 5.32. The molecule has 0 saturated heterocycles. The number of aromatic nitrogens is 3. The largest absolute Gasteiger partial charge is 0.468 e. The number of aromatic amines is 1. The van der Waals surface area contributed by atoms with E-state index in [9.17, 15) is 0 Å². The summed E-state index contributed by atoms with van der Waals surface area (Å²) in [6, 6.07) is 12.3. The normalized spacial score (nSPS) is 11.2. The van der Waals surface area contributed by atoms with Crippen LogP contribution in [0.4, 0.5) is 0 Å². The fourth-order valence-corrected chi connectivity index (χ4v) is 3.11. The zero-order valence-corrected chi connectivity index (χ0v) is 13.6. The van der Waals surface area contributed by atoms with Crippen LogP contribution in [0, 0.1) is 0 Å². The Morgan fingerprint density at radius 1 is 1.18 bits per heavy atom. The zero-order valence-electron chi connectivity index (χ0n) is 12.7. The summed E-state index contributed by atoms with van der Waals surface area (Å²) in [5, 5.41) is 8.15. The summed E-state index contributed by atoms with van der Waals surface area (Å²) < 4.78 is 5.32. The van der Waals surface area contributed by atoms with Gasteiger partial charge >= 0.3 is 0 Å². The minimum Gasteiger partial charge on any atom is -0.468 e. The number of hydrogen-bond donors (Lipinski definition) is 1. The molecule has 0 radical (unpaired) electrons. The molecule has 0 atom stereocenters. The summed E-state index contributed by atoms with van der Waals surface area (Å²) in [6.07, 6.45) is 2.44. The van der Waals surface area contributed by atoms with Gasteiger partial charge in [-0.3, -0.25) is 5.10 Å². The van der Waals surface area contributed by atoms with Gasteiger partial charge in [0.15, 0.2) is 11.0 Å². The highest BCUT2D eigenvalue weighted by Gasteiger charge is 2.10. The zero-order chi connectivity index (χ0) is 15.4. The van der Waals surface area contributed by atoms with Crippen molar-refractivity contribution in [3.05, 3.63) is 65.4 Å². The predicted molar refractivity (Wildman–Crippen MR) is 88.0 cm³/mol. The Morgan fingerprint density at radius 3 is 2.82 bits per heavy atom. The Hall–Kier alpha value is -2.01. The van der Waals surface area contributed by atoms with Gasteiger partial charge in [0, 0.05) is 6.42 Å². The maximum Gasteiger partial charge on any atom is 0.184 e. The Balaban J connectivity index is 1.67. The number of nitrogens with one attached hydrogen (secondary N) is 1. The Morgan fingerprint density at radius 2 is 2.05 bits per heavy atom. The van der Waals surface area contributed by atoms with Crippen molar-refractivity contribution in [2.75, 3.05) is 0 Å². The molecule has 3 rings (SSSR count). The molecule has 0 unspecified atom stereocenters. The van der Waals surface area contributed by atoms with Gasteiger partial charge in [0.2, 0.25) is 0 Å². The lowest BCUT2D eigenvalue weighted by Crippen LogP contribution is -1.98. The van der Waals surface area contributed by atoms with Gasteiger partial charge in [-0.05, 0) is 29.2 Å². The van der Waals surface area contributed by atoms with Gasteiger partial charge in [0.25, 0.3) is 0 Å². The first kappa shape index (κ1) is 14.9. The first-order chi connectivity index (χ1) is 10.7. The number of benzene rings is 1. The Kier molecular flexibility index (Phi) is 4.63. The summed E-state index contributed by atoms with van der Waals surface area (Å²) in [6.45, 7) is 4.42. The van der Waals surface area contributed by atoms with Gasteiger partial charge < -0.3 is 4.42 Å². The second-order valence-corrected chi connectivity index (χ2v) is 6.42. The van der Waals surface area contributed by atoms with Gasteiger partial charge in [-0.15, -0.1) is 0 Å². The fourth-order valence-electron chi connectivity index (χ4n) is 2.39. The van der Waals surface area contributed by atoms with E-state index in [1.54, 1.807) is 18.0 Å². The lowest BCUT2D eigenvalue weighted by Gasteiger charge is -2.10. The molecule has 0 bridgehead atoms. The molecule has 3 aromatic rings. The lowest BCUT2D eigenvalue weighted by molar-refractivity contribution is 0.530. The molecule has 2 aromatic heterocycles. The third-order valence-electron chi connectivity index (χ3n) is 3.47. The van der Waals surface area contributed by atoms with E-state index in [1.165, 1.54) is 11.1 Å². The molecule has 0 fully saturated rings. The van der Waals surface area contributed by atoms with Crippen LogP contribution in [-0.4, -0.2) is 15.2 Å². The van der Waals surface area contributed by atoms with E-state index in [0.717, 1.165) is 28.9 Å². The molecule has 1 N–H and O–H groups in total. The molecule has 114 valence electrons. The van der Waals surface area contributed by atoms with Gasteiger partial charge in [0.1, 0.15) is 5.76 Å². The predicted octanol–water partition coefficient (Wildman–Crippen LogP) is 4.40. The summed E-state index contributed by atoms with van der Waals surface area (Å²) in [5.74, 6) is 3.02. The molecule has 0 amide bonds. The van der Waals surface area contributed by atoms with Crippen molar-refractivity contribution >= 4 is 11.8 Å². The minimum absolute atomic E-state index is 0.503. The average molecular weight is 313 g/mol. The van der Waals surface area contributed by atoms with Crippen LogP contribution in [0.5, 0.6) is 0 Å². The van der Waals surface area contributed by atoms with Crippen LogP contribution in [0.3, 0.4) is 0 Å². The average Bonchev–Trinajstić information content (AvgIpc) is 3.17. The van der Waals surface area contributed by atoms with Crippen LogP contribution in [0.25, 0.3) is 0 Å². The minimum atomic E-state index is 0.503. The van der Waals surface area contributed by atoms with Gasteiger partial charge in [-0.1, -0.05) is 49.9 Å². The third kappa shape index (κ3) is 3.60. The lowest BCUT2D eigenvalue weighted by atomic mass is 9.95. The number of thioether (sulfide) groups is 1. The van der Waals surface area contributed by atoms with E-state index in [1.807, 2.05) is 12.1 Å². The fraction of sp³-hybridized carbons (Fsp3) is 0.294. The van der Waals surface area contributed by atoms with Crippen molar-refractivity contribution in [1.82, 2.24) is 15.2 Å². The van der Waals surface area contributed by atoms with Crippen LogP contribution < -0.4 is 0 Å². The van der Waals surface area contributed by atoms with Crippen molar-refractivity contribution in [3.8, 4) is 0 Å². The second-order valence-electron chi connectivity index (χ2n) is 5.46. The van der Waals surface area contributed by atoms with Crippen LogP contribution in [0.1, 0.15) is 42.5 Å². The number of H-pyrrole nitrogens is 1. The van der Waals surface area contributed by atoms with Crippen LogP contribution in [-0.2, 0) is 12.2 Å². The van der Waals surface area contributed by atoms with Gasteiger partial charge in [-0.2, -0.15) is 5.10 Å². The van der Waals surface area contributed by atoms with Crippen molar-refractivity contribution < 1.29 is 4.42 Å². The Labute approximate surface area is 134 Å². The van der Waals surface area contributed by atoms with E-state index >= 15 is 0 Å². The van der Waals surface area contributed by atoms with Crippen molar-refractivity contribution in [3.63, 3.8) is 0 Å². The van der Waals surface area contributed by atoms with E-state index in [-0.39, 0.29) is 0 Å². The molecular formula is C17H19N3OS. The van der Waals surface area contributed by atoms with E-state index in [0.29, 0.717) is 5.92 Å². The first-order valence-electron chi connectivity index (χ1n) is 7.36. The molecule has 4 nitrogen and oxygen atoms in total. The molecule has 0 aliphatic carbocycles. The number of furan rings is 1. The van der Waals surface area contributed by atoms with Gasteiger partial charge in [-0.25, -0.2) is 4.98 Å². The highest BCUT2D eigenvalue weighted by molar-refractivity contribution is 7.98. The number of rotatable bonds is 6. The maximum atomic E-state index is 5.32. The molecule has 0 saturated carbocycles. The molecule has 0 aliphatic heterocycles. The first-order valence-corrected chi connectivity index (χ1v) is 8.35. The molecule has 2 heterocycles. The molecule has 22 heavy (non-hydrogen) atoms. The van der Waals surface area contributed by atoms with Crippen molar-refractivity contribution in [1.29, 1.82) is 0 Å². The van der Waals surface area contributed by atoms with E-state index < -0.39 is 0 Å². The molecule has 1 aromatic carbocycles. The van der Waals surface area contributed by atoms with Crippen molar-refractivity contribution in [2.24, 2.45) is 0 Å². The summed E-state index contributed by atoms with van der Waals surface area (Å²) in [5.41, 5.74) is 2.65. The second kappa shape index (κ2) is 6.83. The van der Waals surface area contributed by atoms with Crippen LogP contribution >= 0.6 is 11.8 Å². The highest BCUT2D eigenvalue weighted by Crippen LogP contribution is 2.23. The monoisotopic (exact) mass is 313 g/mol. The number of nitrogens with zero attached hydrogens (tertiary/aromatic N) is 2. The Bertz CT molecular complexity index is 719. The summed E-state index contributed by atoms with van der Waals surface area (Å²) in [4.78, 5) is 4.56. The smallest absolute Gasteiger partial charge is 0.184 e. The van der Waals surface area contributed by atoms with E-state index in [4.69, 9.17) is 4.42 Å². The topological polar surface area (TPSA) is 54.7 Å². The molecule has 0 spiro atoms. The number of hydrogen-bond acceptors (Lipinski definition) is 4. The standard InChI is InChI=1S/C17H19N3OS/c1-12(2)15-8-4-3-6-13(15)10-16-18-17(20-19-16)22-11-14-7-5-9-21-14/h3-9,12H,10-11H2,1-2H3,(H,18,19,20). The highest BCUT2D eigenvalue weighted by atomic mass is 32.2. The van der Waals surface area contributed by atoms with E-state index in [2.05, 4.69) is 53.3 Å². The third-order valence-corrected chi connectivity index (χ3v) is 4.35. The molecule has 0 aliphatic rings. The summed E-state index contributed by atoms with van der Waals surface area (Å²) in [7, 11) is 0. The quantitative estimate of drug-likeness (QED) is 0.685. The molecule has 5 heteroatoms.